The molecule has 0 radical (unpaired) electrons. The fourth-order valence-corrected chi connectivity index (χ4v) is 50.0. The number of aryl methyl sites for hydroxylation is 2. The van der Waals surface area contributed by atoms with Crippen LogP contribution >= 0.6 is 0 Å². The van der Waals surface area contributed by atoms with Crippen molar-refractivity contribution in [3.8, 4) is 11.5 Å². The Kier molecular flexibility index (Phi) is 36.1. The summed E-state index contributed by atoms with van der Waals surface area (Å²) in [5.41, 5.74) is 2.83. The van der Waals surface area contributed by atoms with Gasteiger partial charge in [-0.1, -0.05) is 0 Å². The van der Waals surface area contributed by atoms with Crippen LogP contribution in [0.3, 0.4) is 0 Å². The molecule has 0 spiro atoms. The first-order valence-corrected chi connectivity index (χ1v) is 40.0. The van der Waals surface area contributed by atoms with Gasteiger partial charge in [0.1, 0.15) is 0 Å². The second-order valence-electron chi connectivity index (χ2n) is 19.0. The molecule has 2 rings (SSSR count). The molecule has 0 unspecified atom stereocenters. The molecule has 5 heteroatoms. The molecule has 0 aliphatic carbocycles. The van der Waals surface area contributed by atoms with E-state index in [1.54, 1.807) is 0 Å². The molecule has 0 fully saturated rings. The second kappa shape index (κ2) is 38.8. The number of unbranched alkanes of at least 4 members (excludes halogenated alkanes) is 26. The van der Waals surface area contributed by atoms with Gasteiger partial charge >= 0.3 is 395 Å². The van der Waals surface area contributed by atoms with E-state index in [0.717, 1.165) is 12.8 Å². The van der Waals surface area contributed by atoms with Crippen LogP contribution in [-0.2, 0) is 14.3 Å². The SMILES string of the molecule is CCCCCCC[CH2][Sn]([CH2]CCCCCCC)([O]c1ccccc1CCCCCC)[O][Sn]([CH2]CCCCCCC)([CH2]CCCCCCC)[O]c1ccccc1CCCCCC. The first-order chi connectivity index (χ1) is 30.0. The van der Waals surface area contributed by atoms with Gasteiger partial charge in [-0.2, -0.15) is 0 Å². The zero-order chi connectivity index (χ0) is 44.0. The van der Waals surface area contributed by atoms with E-state index >= 15 is 0 Å². The summed E-state index contributed by atoms with van der Waals surface area (Å²) in [6.07, 6.45) is 44.1. The molecule has 2 aromatic rings. The van der Waals surface area contributed by atoms with Crippen molar-refractivity contribution in [3.05, 3.63) is 59.7 Å². The molecule has 61 heavy (non-hydrogen) atoms. The van der Waals surface area contributed by atoms with Crippen molar-refractivity contribution in [1.29, 1.82) is 0 Å². The van der Waals surface area contributed by atoms with Gasteiger partial charge in [0, 0.05) is 0 Å². The number of benzene rings is 2. The number of para-hydroxylation sites is 2. The molecule has 0 N–H and O–H groups in total. The topological polar surface area (TPSA) is 27.7 Å². The van der Waals surface area contributed by atoms with E-state index in [-0.39, 0.29) is 0 Å². The number of hydrogen-bond acceptors (Lipinski definition) is 3. The molecule has 2 aromatic carbocycles. The quantitative estimate of drug-likeness (QED) is 0.0489. The molecule has 0 saturated heterocycles. The van der Waals surface area contributed by atoms with Gasteiger partial charge in [0.2, 0.25) is 0 Å². The molecule has 0 amide bonds. The summed E-state index contributed by atoms with van der Waals surface area (Å²) >= 11 is -7.78. The zero-order valence-corrected chi connectivity index (χ0v) is 47.4. The van der Waals surface area contributed by atoms with Crippen LogP contribution in [0.15, 0.2) is 48.5 Å². The molecular formula is C56H102O3Sn2. The molecule has 352 valence electrons. The van der Waals surface area contributed by atoms with Gasteiger partial charge in [-0.3, -0.25) is 0 Å². The van der Waals surface area contributed by atoms with E-state index in [0.29, 0.717) is 0 Å². The molecule has 0 bridgehead atoms. The summed E-state index contributed by atoms with van der Waals surface area (Å²) in [6.45, 7) is 14.0. The molecule has 3 nitrogen and oxygen atoms in total. The average molecular weight is 1060 g/mol. The summed E-state index contributed by atoms with van der Waals surface area (Å²) < 4.78 is 29.1. The van der Waals surface area contributed by atoms with E-state index in [2.05, 4.69) is 90.1 Å². The first-order valence-electron chi connectivity index (χ1n) is 27.2. The van der Waals surface area contributed by atoms with Crippen LogP contribution in [0.5, 0.6) is 11.5 Å². The van der Waals surface area contributed by atoms with Gasteiger partial charge in [0.05, 0.1) is 0 Å². The van der Waals surface area contributed by atoms with Crippen LogP contribution in [0.4, 0.5) is 0 Å². The molecule has 0 heterocycles. The van der Waals surface area contributed by atoms with Gasteiger partial charge in [0.15, 0.2) is 0 Å². The van der Waals surface area contributed by atoms with E-state index in [9.17, 15) is 0 Å². The van der Waals surface area contributed by atoms with Crippen LogP contribution in [0.1, 0.15) is 258 Å². The molecule has 0 atom stereocenters. The fourth-order valence-electron chi connectivity index (χ4n) is 9.24. The minimum atomic E-state index is -3.89. The molecule has 0 aromatic heterocycles. The number of hydrogen-bond donors (Lipinski definition) is 0. The van der Waals surface area contributed by atoms with Crippen molar-refractivity contribution in [2.45, 2.75) is 278 Å². The predicted molar refractivity (Wildman–Crippen MR) is 275 cm³/mol. The Morgan fingerprint density at radius 1 is 0.295 bits per heavy atom. The first kappa shape index (κ1) is 56.7. The Hall–Kier alpha value is -0.403. The maximum atomic E-state index is 8.52. The predicted octanol–water partition coefficient (Wildman–Crippen LogP) is 19.7. The second-order valence-corrected chi connectivity index (χ2v) is 40.8. The monoisotopic (exact) mass is 1060 g/mol. The van der Waals surface area contributed by atoms with Gasteiger partial charge in [-0.15, -0.1) is 0 Å². The van der Waals surface area contributed by atoms with E-state index in [4.69, 9.17) is 7.56 Å². The van der Waals surface area contributed by atoms with Gasteiger partial charge < -0.3 is 0 Å². The zero-order valence-electron chi connectivity index (χ0n) is 41.7. The molecule has 0 saturated carbocycles. The maximum absolute atomic E-state index is 8.52. The van der Waals surface area contributed by atoms with Crippen LogP contribution < -0.4 is 6.15 Å². The number of rotatable bonds is 44. The van der Waals surface area contributed by atoms with Crippen molar-refractivity contribution in [2.75, 3.05) is 0 Å². The third-order valence-corrected chi connectivity index (χ3v) is 45.6. The van der Waals surface area contributed by atoms with Gasteiger partial charge in [-0.05, 0) is 0 Å². The normalized spacial score (nSPS) is 12.0. The van der Waals surface area contributed by atoms with Crippen molar-refractivity contribution in [1.82, 2.24) is 0 Å². The molecular weight excluding hydrogens is 958 g/mol. The summed E-state index contributed by atoms with van der Waals surface area (Å²) in [4.78, 5) is 0. The summed E-state index contributed by atoms with van der Waals surface area (Å²) in [6, 6.07) is 18.4. The standard InChI is InChI=1S/2C12H18O.4C8H17.O.2Sn/c2*1-2-3-4-5-8-11-9-6-7-10-12(11)13;4*1-3-5-7-8-6-4-2;;;/h2*6-7,9-10,13H,2-5,8H2,1H3;4*1,3-8H2,2H3;;;/q;;;;;;;2*+1/p-2. The Bertz CT molecular complexity index is 1140. The minimum absolute atomic E-state index is 1.11. The van der Waals surface area contributed by atoms with Crippen molar-refractivity contribution in [2.24, 2.45) is 0 Å². The Morgan fingerprint density at radius 2 is 0.541 bits per heavy atom. The van der Waals surface area contributed by atoms with E-state index < -0.39 is 38.4 Å². The van der Waals surface area contributed by atoms with Crippen molar-refractivity contribution < 1.29 is 7.56 Å². The average Bonchev–Trinajstić information content (AvgIpc) is 3.27. The summed E-state index contributed by atoms with van der Waals surface area (Å²) in [5, 5.41) is 0. The van der Waals surface area contributed by atoms with Crippen LogP contribution in [0, 0.1) is 0 Å². The van der Waals surface area contributed by atoms with Gasteiger partial charge in [-0.25, -0.2) is 0 Å². The van der Waals surface area contributed by atoms with Crippen LogP contribution in [0.25, 0.3) is 0 Å². The summed E-state index contributed by atoms with van der Waals surface area (Å²) in [7, 11) is 0. The molecule has 0 aliphatic heterocycles. The van der Waals surface area contributed by atoms with Crippen molar-refractivity contribution >= 4 is 38.4 Å². The molecule has 0 aliphatic rings. The van der Waals surface area contributed by atoms with E-state index in [1.165, 1.54) is 246 Å². The van der Waals surface area contributed by atoms with Crippen LogP contribution in [-0.4, -0.2) is 38.4 Å². The Morgan fingerprint density at radius 3 is 0.836 bits per heavy atom. The summed E-state index contributed by atoms with van der Waals surface area (Å²) in [5.74, 6) is 2.34. The third kappa shape index (κ3) is 27.0. The fraction of sp³-hybridized carbons (Fsp3) is 0.786. The third-order valence-electron chi connectivity index (χ3n) is 13.2. The van der Waals surface area contributed by atoms with Crippen LogP contribution in [0.2, 0.25) is 17.7 Å². The van der Waals surface area contributed by atoms with Crippen molar-refractivity contribution in [3.63, 3.8) is 0 Å². The Labute approximate surface area is 391 Å². The van der Waals surface area contributed by atoms with E-state index in [1.807, 2.05) is 0 Å². The Balaban J connectivity index is 2.74. The van der Waals surface area contributed by atoms with Gasteiger partial charge in [0.25, 0.3) is 0 Å².